The molecule has 0 aromatic heterocycles. The average molecular weight is 367 g/mol. The first-order valence-electron chi connectivity index (χ1n) is 8.47. The lowest BCUT2D eigenvalue weighted by atomic mass is 9.89. The summed E-state index contributed by atoms with van der Waals surface area (Å²) >= 11 is 6.01. The first-order valence-corrected chi connectivity index (χ1v) is 8.84. The minimum atomic E-state index is -0.850. The van der Waals surface area contributed by atoms with Crippen molar-refractivity contribution in [2.24, 2.45) is 5.92 Å². The van der Waals surface area contributed by atoms with Gasteiger partial charge in [0.2, 0.25) is 5.91 Å². The van der Waals surface area contributed by atoms with E-state index < -0.39 is 5.54 Å². The number of benzene rings is 1. The maximum absolute atomic E-state index is 13.1. The molecule has 0 saturated carbocycles. The second kappa shape index (κ2) is 7.34. The molecule has 1 aromatic rings. The molecule has 0 bridgehead atoms. The number of hydrogen-bond acceptors (Lipinski definition) is 4. The van der Waals surface area contributed by atoms with Crippen molar-refractivity contribution in [2.75, 3.05) is 21.2 Å². The number of carbonyl (C=O) groups excluding carboxylic acids is 2. The molecule has 138 valence electrons. The van der Waals surface area contributed by atoms with Gasteiger partial charge in [0, 0.05) is 24.2 Å². The third-order valence-electron chi connectivity index (χ3n) is 5.47. The van der Waals surface area contributed by atoms with Gasteiger partial charge in [0.05, 0.1) is 13.0 Å². The number of amides is 1. The second-order valence-electron chi connectivity index (χ2n) is 7.23. The van der Waals surface area contributed by atoms with Crippen LogP contribution in [0.4, 0.5) is 0 Å². The Hall–Kier alpha value is -1.59. The van der Waals surface area contributed by atoms with Crippen molar-refractivity contribution >= 4 is 23.5 Å². The SMILES string of the molecule is COC(=O)[C@]1(C)C[C@H](C(=O)N(C)C(C)C)[C@H](c2ccc(Cl)cc2)N1C. The van der Waals surface area contributed by atoms with Crippen LogP contribution in [0.2, 0.25) is 5.02 Å². The molecule has 1 aliphatic rings. The number of likely N-dealkylation sites (tertiary alicyclic amines) is 1. The summed E-state index contributed by atoms with van der Waals surface area (Å²) < 4.78 is 5.02. The minimum absolute atomic E-state index is 0.0365. The number of halogens is 1. The van der Waals surface area contributed by atoms with Crippen LogP contribution < -0.4 is 0 Å². The molecule has 1 aromatic carbocycles. The van der Waals surface area contributed by atoms with E-state index in [1.165, 1.54) is 7.11 Å². The van der Waals surface area contributed by atoms with Gasteiger partial charge in [-0.1, -0.05) is 23.7 Å². The molecule has 1 saturated heterocycles. The van der Waals surface area contributed by atoms with Gasteiger partial charge in [-0.3, -0.25) is 14.5 Å². The first kappa shape index (κ1) is 19.7. The predicted octanol–water partition coefficient (Wildman–Crippen LogP) is 3.13. The largest absolute Gasteiger partial charge is 0.468 e. The van der Waals surface area contributed by atoms with Gasteiger partial charge in [0.25, 0.3) is 0 Å². The van der Waals surface area contributed by atoms with Crippen LogP contribution in [-0.4, -0.2) is 54.5 Å². The fourth-order valence-corrected chi connectivity index (χ4v) is 3.69. The fraction of sp³-hybridized carbons (Fsp3) is 0.579. The Bertz CT molecular complexity index is 647. The topological polar surface area (TPSA) is 49.9 Å². The van der Waals surface area contributed by atoms with Crippen LogP contribution >= 0.6 is 11.6 Å². The molecule has 3 atom stereocenters. The number of ether oxygens (including phenoxy) is 1. The summed E-state index contributed by atoms with van der Waals surface area (Å²) in [6.45, 7) is 5.80. The lowest BCUT2D eigenvalue weighted by molar-refractivity contribution is -0.152. The summed E-state index contributed by atoms with van der Waals surface area (Å²) in [5.41, 5.74) is 0.118. The van der Waals surface area contributed by atoms with E-state index in [2.05, 4.69) is 0 Å². The molecule has 1 aliphatic heterocycles. The highest BCUT2D eigenvalue weighted by molar-refractivity contribution is 6.30. The maximum atomic E-state index is 13.1. The van der Waals surface area contributed by atoms with E-state index in [1.54, 1.807) is 11.9 Å². The summed E-state index contributed by atoms with van der Waals surface area (Å²) in [6.07, 6.45) is 0.416. The summed E-state index contributed by atoms with van der Waals surface area (Å²) in [5.74, 6) is -0.617. The number of hydrogen-bond donors (Lipinski definition) is 0. The highest BCUT2D eigenvalue weighted by Crippen LogP contribution is 2.47. The fourth-order valence-electron chi connectivity index (χ4n) is 3.56. The third kappa shape index (κ3) is 3.53. The van der Waals surface area contributed by atoms with Crippen molar-refractivity contribution in [3.05, 3.63) is 34.9 Å². The number of rotatable bonds is 4. The van der Waals surface area contributed by atoms with Crippen molar-refractivity contribution in [2.45, 2.75) is 44.8 Å². The Morgan fingerprint density at radius 1 is 1.32 bits per heavy atom. The van der Waals surface area contributed by atoms with Gasteiger partial charge in [-0.05, 0) is 51.9 Å². The summed E-state index contributed by atoms with van der Waals surface area (Å²) in [6, 6.07) is 7.34. The number of likely N-dealkylation sites (N-methyl/N-ethyl adjacent to an activating group) is 1. The molecule has 1 fully saturated rings. The molecule has 0 radical (unpaired) electrons. The van der Waals surface area contributed by atoms with Gasteiger partial charge in [-0.15, -0.1) is 0 Å². The molecule has 1 heterocycles. The van der Waals surface area contributed by atoms with Crippen molar-refractivity contribution < 1.29 is 14.3 Å². The van der Waals surface area contributed by atoms with E-state index in [4.69, 9.17) is 16.3 Å². The zero-order chi connectivity index (χ0) is 18.9. The normalized spacial score (nSPS) is 26.7. The lowest BCUT2D eigenvalue weighted by Crippen LogP contribution is -2.47. The van der Waals surface area contributed by atoms with Crippen LogP contribution in [0.5, 0.6) is 0 Å². The van der Waals surface area contributed by atoms with Gasteiger partial charge in [0.1, 0.15) is 5.54 Å². The van der Waals surface area contributed by atoms with Crippen molar-refractivity contribution in [1.29, 1.82) is 0 Å². The van der Waals surface area contributed by atoms with Gasteiger partial charge < -0.3 is 9.64 Å². The standard InChI is InChI=1S/C19H27ClN2O3/c1-12(2)21(4)17(23)15-11-19(3,18(24)25-6)22(5)16(15)13-7-9-14(20)10-8-13/h7-10,12,15-16H,11H2,1-6H3/t15-,16-,19-/m0/s1. The first-order chi connectivity index (χ1) is 11.6. The minimum Gasteiger partial charge on any atom is -0.468 e. The lowest BCUT2D eigenvalue weighted by Gasteiger charge is -2.33. The highest BCUT2D eigenvalue weighted by atomic mass is 35.5. The molecular weight excluding hydrogens is 340 g/mol. The average Bonchev–Trinajstić information content (AvgIpc) is 2.86. The molecule has 0 N–H and O–H groups in total. The Labute approximate surface area is 154 Å². The zero-order valence-electron chi connectivity index (χ0n) is 15.7. The molecule has 2 rings (SSSR count). The molecular formula is C19H27ClN2O3. The third-order valence-corrected chi connectivity index (χ3v) is 5.72. The highest BCUT2D eigenvalue weighted by Gasteiger charge is 2.55. The zero-order valence-corrected chi connectivity index (χ0v) is 16.5. The molecule has 25 heavy (non-hydrogen) atoms. The van der Waals surface area contributed by atoms with E-state index in [0.29, 0.717) is 11.4 Å². The van der Waals surface area contributed by atoms with Gasteiger partial charge in [0.15, 0.2) is 0 Å². The van der Waals surface area contributed by atoms with E-state index in [1.807, 2.05) is 57.0 Å². The van der Waals surface area contributed by atoms with Crippen LogP contribution in [-0.2, 0) is 14.3 Å². The quantitative estimate of drug-likeness (QED) is 0.768. The number of nitrogens with zero attached hydrogens (tertiary/aromatic N) is 2. The smallest absolute Gasteiger partial charge is 0.326 e. The molecule has 6 heteroatoms. The van der Waals surface area contributed by atoms with Crippen LogP contribution in [0.25, 0.3) is 0 Å². The Kier molecular flexibility index (Phi) is 5.79. The molecule has 0 aliphatic carbocycles. The maximum Gasteiger partial charge on any atom is 0.326 e. The van der Waals surface area contributed by atoms with Crippen LogP contribution in [0.3, 0.4) is 0 Å². The van der Waals surface area contributed by atoms with Gasteiger partial charge in [-0.2, -0.15) is 0 Å². The van der Waals surface area contributed by atoms with Crippen molar-refractivity contribution in [3.63, 3.8) is 0 Å². The van der Waals surface area contributed by atoms with E-state index in [9.17, 15) is 9.59 Å². The van der Waals surface area contributed by atoms with Crippen LogP contribution in [0.15, 0.2) is 24.3 Å². The van der Waals surface area contributed by atoms with E-state index in [-0.39, 0.29) is 29.9 Å². The summed E-state index contributed by atoms with van der Waals surface area (Å²) in [7, 11) is 5.06. The number of methoxy groups -OCH3 is 1. The van der Waals surface area contributed by atoms with E-state index >= 15 is 0 Å². The molecule has 0 spiro atoms. The Morgan fingerprint density at radius 2 is 1.88 bits per heavy atom. The Morgan fingerprint density at radius 3 is 2.36 bits per heavy atom. The van der Waals surface area contributed by atoms with Gasteiger partial charge >= 0.3 is 5.97 Å². The summed E-state index contributed by atoms with van der Waals surface area (Å²) in [5, 5.41) is 0.641. The second-order valence-corrected chi connectivity index (χ2v) is 7.66. The van der Waals surface area contributed by atoms with Crippen molar-refractivity contribution in [1.82, 2.24) is 9.80 Å². The monoisotopic (exact) mass is 366 g/mol. The summed E-state index contributed by atoms with van der Waals surface area (Å²) in [4.78, 5) is 29.2. The molecule has 5 nitrogen and oxygen atoms in total. The number of carbonyl (C=O) groups is 2. The molecule has 1 amide bonds. The van der Waals surface area contributed by atoms with Crippen molar-refractivity contribution in [3.8, 4) is 0 Å². The number of esters is 1. The van der Waals surface area contributed by atoms with Crippen LogP contribution in [0, 0.1) is 5.92 Å². The molecule has 0 unspecified atom stereocenters. The van der Waals surface area contributed by atoms with Gasteiger partial charge in [-0.25, -0.2) is 0 Å². The van der Waals surface area contributed by atoms with E-state index in [0.717, 1.165) is 5.56 Å². The predicted molar refractivity (Wildman–Crippen MR) is 98.4 cm³/mol. The Balaban J connectivity index is 2.48. The van der Waals surface area contributed by atoms with Crippen LogP contribution in [0.1, 0.15) is 38.8 Å².